The molecule has 7 heteroatoms. The third-order valence-electron chi connectivity index (χ3n) is 4.25. The van der Waals surface area contributed by atoms with Crippen molar-refractivity contribution in [2.45, 2.75) is 26.0 Å². The molecule has 0 aliphatic carbocycles. The van der Waals surface area contributed by atoms with E-state index in [0.717, 1.165) is 0 Å². The van der Waals surface area contributed by atoms with Gasteiger partial charge in [0.2, 0.25) is 0 Å². The van der Waals surface area contributed by atoms with Crippen molar-refractivity contribution in [1.29, 1.82) is 0 Å². The molecule has 140 valence electrons. The number of amides is 1. The van der Waals surface area contributed by atoms with Crippen LogP contribution in [0, 0.1) is 0 Å². The Hall–Kier alpha value is -3.06. The van der Waals surface area contributed by atoms with Gasteiger partial charge in [0, 0.05) is 30.7 Å². The Bertz CT molecular complexity index is 850. The summed E-state index contributed by atoms with van der Waals surface area (Å²) in [6, 6.07) is 7.66. The molecule has 0 saturated carbocycles. The van der Waals surface area contributed by atoms with Crippen molar-refractivity contribution < 1.29 is 19.4 Å². The van der Waals surface area contributed by atoms with E-state index in [2.05, 4.69) is 9.97 Å². The third kappa shape index (κ3) is 3.88. The lowest BCUT2D eigenvalue weighted by atomic mass is 9.99. The number of rotatable bonds is 6. The molecule has 27 heavy (non-hydrogen) atoms. The van der Waals surface area contributed by atoms with Gasteiger partial charge in [0.15, 0.2) is 0 Å². The van der Waals surface area contributed by atoms with E-state index in [4.69, 9.17) is 4.74 Å². The third-order valence-corrected chi connectivity index (χ3v) is 4.25. The van der Waals surface area contributed by atoms with Crippen molar-refractivity contribution in [3.63, 3.8) is 0 Å². The Morgan fingerprint density at radius 3 is 2.56 bits per heavy atom. The highest BCUT2D eigenvalue weighted by Gasteiger charge is 2.46. The van der Waals surface area contributed by atoms with Crippen LogP contribution in [-0.4, -0.2) is 50.9 Å². The molecule has 1 fully saturated rings. The smallest absolute Gasteiger partial charge is 0.295 e. The first-order valence-corrected chi connectivity index (χ1v) is 8.72. The first kappa shape index (κ1) is 18.7. The zero-order valence-electron chi connectivity index (χ0n) is 15.2. The number of pyridine rings is 2. The van der Waals surface area contributed by atoms with Crippen molar-refractivity contribution in [2.75, 3.05) is 13.2 Å². The van der Waals surface area contributed by atoms with E-state index >= 15 is 0 Å². The van der Waals surface area contributed by atoms with Gasteiger partial charge >= 0.3 is 0 Å². The van der Waals surface area contributed by atoms with E-state index < -0.39 is 17.7 Å². The number of aliphatic hydroxyl groups is 1. The molecule has 2 aromatic heterocycles. The van der Waals surface area contributed by atoms with Gasteiger partial charge in [0.1, 0.15) is 11.8 Å². The average molecular weight is 367 g/mol. The summed E-state index contributed by atoms with van der Waals surface area (Å²) in [5.41, 5.74) is 0.952. The summed E-state index contributed by atoms with van der Waals surface area (Å²) in [4.78, 5) is 35.0. The number of likely N-dealkylation sites (tertiary alicyclic amines) is 1. The number of nitrogens with zero attached hydrogens (tertiary/aromatic N) is 3. The molecule has 0 spiro atoms. The van der Waals surface area contributed by atoms with Gasteiger partial charge in [0.05, 0.1) is 24.0 Å². The topological polar surface area (TPSA) is 92.6 Å². The zero-order valence-corrected chi connectivity index (χ0v) is 15.2. The Kier molecular flexibility index (Phi) is 5.61. The summed E-state index contributed by atoms with van der Waals surface area (Å²) < 4.78 is 5.54. The van der Waals surface area contributed by atoms with Crippen molar-refractivity contribution in [3.05, 3.63) is 65.8 Å². The van der Waals surface area contributed by atoms with Crippen molar-refractivity contribution >= 4 is 17.4 Å². The van der Waals surface area contributed by atoms with E-state index in [-0.39, 0.29) is 30.6 Å². The number of aromatic nitrogens is 2. The molecule has 1 unspecified atom stereocenters. The van der Waals surface area contributed by atoms with E-state index in [0.29, 0.717) is 11.3 Å². The van der Waals surface area contributed by atoms with Gasteiger partial charge in [-0.1, -0.05) is 6.07 Å². The summed E-state index contributed by atoms with van der Waals surface area (Å²) >= 11 is 0. The standard InChI is InChI=1S/C20H21N3O4/c1-13(2)27-12-11-23-17(15-5-3-4-8-22-15)16(19(25)20(23)26)18(24)14-6-9-21-10-7-14/h3-10,13,17,24H,11-12H2,1-2H3/b18-16-. The van der Waals surface area contributed by atoms with Crippen LogP contribution >= 0.6 is 0 Å². The predicted octanol–water partition coefficient (Wildman–Crippen LogP) is 2.32. The van der Waals surface area contributed by atoms with Crippen LogP contribution < -0.4 is 0 Å². The highest BCUT2D eigenvalue weighted by atomic mass is 16.5. The van der Waals surface area contributed by atoms with Gasteiger partial charge in [-0.3, -0.25) is 19.6 Å². The van der Waals surface area contributed by atoms with Crippen LogP contribution in [0.1, 0.15) is 31.1 Å². The lowest BCUT2D eigenvalue weighted by Crippen LogP contribution is -2.33. The van der Waals surface area contributed by atoms with Crippen LogP contribution in [0.2, 0.25) is 0 Å². The molecule has 1 saturated heterocycles. The number of hydrogen-bond acceptors (Lipinski definition) is 6. The minimum atomic E-state index is -0.768. The molecule has 0 aromatic carbocycles. The number of aliphatic hydroxyl groups excluding tert-OH is 1. The fourth-order valence-electron chi connectivity index (χ4n) is 3.01. The largest absolute Gasteiger partial charge is 0.507 e. The minimum absolute atomic E-state index is 0.00643. The maximum atomic E-state index is 12.7. The Labute approximate surface area is 157 Å². The van der Waals surface area contributed by atoms with Crippen LogP contribution in [0.25, 0.3) is 5.76 Å². The second-order valence-corrected chi connectivity index (χ2v) is 6.40. The normalized spacial score (nSPS) is 19.1. The SMILES string of the molecule is CC(C)OCCN1C(=O)C(=O)/C(=C(\O)c2ccncc2)C1c1ccccn1. The minimum Gasteiger partial charge on any atom is -0.507 e. The van der Waals surface area contributed by atoms with Gasteiger partial charge in [-0.05, 0) is 38.1 Å². The summed E-state index contributed by atoms with van der Waals surface area (Å²) in [6.07, 6.45) is 4.62. The predicted molar refractivity (Wildman–Crippen MR) is 98.6 cm³/mol. The second kappa shape index (κ2) is 8.09. The number of carbonyl (C=O) groups excluding carboxylic acids is 2. The highest BCUT2D eigenvalue weighted by molar-refractivity contribution is 6.46. The molecule has 1 aliphatic heterocycles. The summed E-state index contributed by atoms with van der Waals surface area (Å²) in [5, 5.41) is 10.8. The molecule has 0 radical (unpaired) electrons. The van der Waals surface area contributed by atoms with Gasteiger partial charge in [-0.25, -0.2) is 0 Å². The van der Waals surface area contributed by atoms with E-state index in [9.17, 15) is 14.7 Å². The van der Waals surface area contributed by atoms with Crippen molar-refractivity contribution in [2.24, 2.45) is 0 Å². The molecule has 0 bridgehead atoms. The molecule has 1 aliphatic rings. The van der Waals surface area contributed by atoms with Gasteiger partial charge in [0.25, 0.3) is 11.7 Å². The number of ether oxygens (including phenoxy) is 1. The molecule has 3 rings (SSSR count). The molecule has 7 nitrogen and oxygen atoms in total. The lowest BCUT2D eigenvalue weighted by molar-refractivity contribution is -0.140. The molecule has 1 N–H and O–H groups in total. The molecule has 1 amide bonds. The van der Waals surface area contributed by atoms with Crippen LogP contribution in [0.5, 0.6) is 0 Å². The highest BCUT2D eigenvalue weighted by Crippen LogP contribution is 2.38. The second-order valence-electron chi connectivity index (χ2n) is 6.40. The van der Waals surface area contributed by atoms with Crippen LogP contribution in [-0.2, 0) is 14.3 Å². The molecular weight excluding hydrogens is 346 g/mol. The number of hydrogen-bond donors (Lipinski definition) is 1. The Balaban J connectivity index is 2.05. The summed E-state index contributed by atoms with van der Waals surface area (Å²) in [6.45, 7) is 4.29. The Morgan fingerprint density at radius 2 is 1.93 bits per heavy atom. The lowest BCUT2D eigenvalue weighted by Gasteiger charge is -2.24. The van der Waals surface area contributed by atoms with Crippen LogP contribution in [0.15, 0.2) is 54.5 Å². The molecular formula is C20H21N3O4. The van der Waals surface area contributed by atoms with Crippen LogP contribution in [0.4, 0.5) is 0 Å². The molecule has 2 aromatic rings. The maximum Gasteiger partial charge on any atom is 0.295 e. The molecule has 1 atom stereocenters. The summed E-state index contributed by atoms with van der Waals surface area (Å²) in [7, 11) is 0. The van der Waals surface area contributed by atoms with Crippen LogP contribution in [0.3, 0.4) is 0 Å². The van der Waals surface area contributed by atoms with Gasteiger partial charge in [-0.2, -0.15) is 0 Å². The van der Waals surface area contributed by atoms with E-state index in [1.54, 1.807) is 36.5 Å². The fraction of sp³-hybridized carbons (Fsp3) is 0.300. The monoisotopic (exact) mass is 367 g/mol. The van der Waals surface area contributed by atoms with Gasteiger partial charge in [-0.15, -0.1) is 0 Å². The quantitative estimate of drug-likeness (QED) is 0.478. The Morgan fingerprint density at radius 1 is 1.19 bits per heavy atom. The first-order chi connectivity index (χ1) is 13.0. The zero-order chi connectivity index (χ0) is 19.4. The molecule has 3 heterocycles. The number of Topliss-reactive ketones (excluding diaryl/α,β-unsaturated/α-hetero) is 1. The number of ketones is 1. The number of carbonyl (C=O) groups is 2. The maximum absolute atomic E-state index is 12.7. The fourth-order valence-corrected chi connectivity index (χ4v) is 3.01. The van der Waals surface area contributed by atoms with Crippen molar-refractivity contribution in [1.82, 2.24) is 14.9 Å². The average Bonchev–Trinajstić information content (AvgIpc) is 2.93. The van der Waals surface area contributed by atoms with Gasteiger partial charge < -0.3 is 14.7 Å². The van der Waals surface area contributed by atoms with E-state index in [1.165, 1.54) is 17.3 Å². The first-order valence-electron chi connectivity index (χ1n) is 8.72. The van der Waals surface area contributed by atoms with Crippen molar-refractivity contribution in [3.8, 4) is 0 Å². The van der Waals surface area contributed by atoms with E-state index in [1.807, 2.05) is 13.8 Å². The summed E-state index contributed by atoms with van der Waals surface area (Å²) in [5.74, 6) is -1.64.